The summed E-state index contributed by atoms with van der Waals surface area (Å²) < 4.78 is 8.91. The number of hydrogen-bond donors (Lipinski definition) is 0. The van der Waals surface area contributed by atoms with Crippen molar-refractivity contribution in [1.82, 2.24) is 4.57 Å². The molecule has 0 amide bonds. The number of rotatable bonds is 9. The van der Waals surface area contributed by atoms with Crippen LogP contribution in [0.4, 0.5) is 17.1 Å². The lowest BCUT2D eigenvalue weighted by Crippen LogP contribution is -2.12. The molecule has 3 nitrogen and oxygen atoms in total. The predicted molar refractivity (Wildman–Crippen MR) is 290 cm³/mol. The first-order chi connectivity index (χ1) is 34.2. The van der Waals surface area contributed by atoms with Crippen molar-refractivity contribution in [3.8, 4) is 61.3 Å². The van der Waals surface area contributed by atoms with Crippen LogP contribution in [0.15, 0.2) is 271 Å². The van der Waals surface area contributed by atoms with Crippen molar-refractivity contribution in [3.63, 3.8) is 0 Å². The molecular formula is C66H44N2O. The van der Waals surface area contributed by atoms with E-state index in [1.54, 1.807) is 0 Å². The molecule has 0 aliphatic carbocycles. The van der Waals surface area contributed by atoms with Gasteiger partial charge >= 0.3 is 0 Å². The molecule has 2 aromatic heterocycles. The highest BCUT2D eigenvalue weighted by atomic mass is 16.3. The van der Waals surface area contributed by atoms with Crippen LogP contribution in [-0.4, -0.2) is 4.57 Å². The Labute approximate surface area is 401 Å². The minimum Gasteiger partial charge on any atom is -0.456 e. The summed E-state index contributed by atoms with van der Waals surface area (Å²) in [5, 5.41) is 4.69. The van der Waals surface area contributed by atoms with Crippen LogP contribution in [0.2, 0.25) is 0 Å². The maximum atomic E-state index is 6.52. The van der Waals surface area contributed by atoms with Crippen molar-refractivity contribution in [2.24, 2.45) is 0 Å². The zero-order valence-electron chi connectivity index (χ0n) is 37.7. The third kappa shape index (κ3) is 6.99. The van der Waals surface area contributed by atoms with Gasteiger partial charge in [-0.05, 0) is 117 Å². The molecule has 13 aromatic rings. The third-order valence-corrected chi connectivity index (χ3v) is 13.6. The molecule has 13 rings (SSSR count). The van der Waals surface area contributed by atoms with E-state index in [-0.39, 0.29) is 0 Å². The van der Waals surface area contributed by atoms with Gasteiger partial charge < -0.3 is 13.9 Å². The van der Waals surface area contributed by atoms with E-state index in [9.17, 15) is 0 Å². The molecule has 0 N–H and O–H groups in total. The normalized spacial score (nSPS) is 11.5. The van der Waals surface area contributed by atoms with E-state index >= 15 is 0 Å². The molecule has 0 aliphatic heterocycles. The Kier molecular flexibility index (Phi) is 9.84. The van der Waals surface area contributed by atoms with Crippen LogP contribution in [-0.2, 0) is 0 Å². The number of aromatic nitrogens is 1. The SMILES string of the molecule is c1ccc(-c2ccc(N(c3ccc(-c4ccc5c6ccccc6n(-c6ccccc6)c5c4)cc3)c3cccc(-c4cccc5oc6ccccc6c45)c3-c3ccccc3-c3ccccc3)cc2)cc1. The van der Waals surface area contributed by atoms with Gasteiger partial charge in [-0.25, -0.2) is 0 Å². The van der Waals surface area contributed by atoms with Gasteiger partial charge in [-0.2, -0.15) is 0 Å². The van der Waals surface area contributed by atoms with Crippen molar-refractivity contribution >= 4 is 60.8 Å². The van der Waals surface area contributed by atoms with Crippen LogP contribution in [0.25, 0.3) is 105 Å². The van der Waals surface area contributed by atoms with E-state index in [4.69, 9.17) is 4.42 Å². The Morgan fingerprint density at radius 2 is 0.812 bits per heavy atom. The van der Waals surface area contributed by atoms with Crippen molar-refractivity contribution in [2.45, 2.75) is 0 Å². The number of furan rings is 1. The van der Waals surface area contributed by atoms with Gasteiger partial charge in [0.05, 0.1) is 16.7 Å². The topological polar surface area (TPSA) is 21.3 Å². The highest BCUT2D eigenvalue weighted by Gasteiger charge is 2.25. The van der Waals surface area contributed by atoms with E-state index in [1.165, 1.54) is 32.9 Å². The van der Waals surface area contributed by atoms with E-state index in [0.29, 0.717) is 0 Å². The second kappa shape index (κ2) is 16.9. The zero-order valence-corrected chi connectivity index (χ0v) is 37.7. The van der Waals surface area contributed by atoms with Gasteiger partial charge in [0.1, 0.15) is 11.2 Å². The first kappa shape index (κ1) is 40.1. The predicted octanol–water partition coefficient (Wildman–Crippen LogP) is 18.5. The lowest BCUT2D eigenvalue weighted by molar-refractivity contribution is 0.669. The van der Waals surface area contributed by atoms with Crippen molar-refractivity contribution < 1.29 is 4.42 Å². The van der Waals surface area contributed by atoms with Gasteiger partial charge in [-0.15, -0.1) is 0 Å². The fraction of sp³-hybridized carbons (Fsp3) is 0. The molecule has 0 atom stereocenters. The summed E-state index contributed by atoms with van der Waals surface area (Å²) in [5.74, 6) is 0. The molecule has 0 fully saturated rings. The Balaban J connectivity index is 1.03. The number of fused-ring (bicyclic) bond motifs is 6. The first-order valence-electron chi connectivity index (χ1n) is 23.6. The average molecular weight is 881 g/mol. The van der Waals surface area contributed by atoms with E-state index in [0.717, 1.165) is 89.2 Å². The lowest BCUT2D eigenvalue weighted by Gasteiger charge is -2.30. The summed E-state index contributed by atoms with van der Waals surface area (Å²) in [5.41, 5.74) is 19.9. The van der Waals surface area contributed by atoms with Gasteiger partial charge in [-0.1, -0.05) is 200 Å². The maximum absolute atomic E-state index is 6.52. The smallest absolute Gasteiger partial charge is 0.136 e. The summed E-state index contributed by atoms with van der Waals surface area (Å²) in [6, 6.07) is 96.2. The molecule has 0 radical (unpaired) electrons. The maximum Gasteiger partial charge on any atom is 0.136 e. The highest BCUT2D eigenvalue weighted by Crippen LogP contribution is 2.50. The van der Waals surface area contributed by atoms with Crippen LogP contribution in [0.5, 0.6) is 0 Å². The molecule has 0 spiro atoms. The number of hydrogen-bond acceptors (Lipinski definition) is 2. The first-order valence-corrected chi connectivity index (χ1v) is 23.6. The number of para-hydroxylation sites is 3. The Morgan fingerprint density at radius 3 is 1.55 bits per heavy atom. The Bertz CT molecular complexity index is 3980. The fourth-order valence-corrected chi connectivity index (χ4v) is 10.5. The van der Waals surface area contributed by atoms with Crippen molar-refractivity contribution in [3.05, 3.63) is 267 Å². The standard InChI is InChI=1S/C66H44N2O/c1-4-18-45(19-5-1)46-34-39-51(40-35-46)67(52-41-36-47(37-42-52)49-38-43-55-54-25-12-14-30-60(54)68(62(55)44-49)50-22-8-3-9-23-50)61-31-16-28-57(58-29-17-33-64-66(58)59-27-13-15-32-63(59)69-64)65(61)56-26-11-10-24-53(56)48-20-6-2-7-21-48/h1-44H. The molecule has 11 aromatic carbocycles. The molecule has 3 heteroatoms. The van der Waals surface area contributed by atoms with Crippen LogP contribution >= 0.6 is 0 Å². The summed E-state index contributed by atoms with van der Waals surface area (Å²) >= 11 is 0. The van der Waals surface area contributed by atoms with Crippen LogP contribution in [0.1, 0.15) is 0 Å². The summed E-state index contributed by atoms with van der Waals surface area (Å²) in [4.78, 5) is 2.43. The van der Waals surface area contributed by atoms with Gasteiger partial charge in [0.2, 0.25) is 0 Å². The molecular weight excluding hydrogens is 837 g/mol. The summed E-state index contributed by atoms with van der Waals surface area (Å²) in [6.45, 7) is 0. The summed E-state index contributed by atoms with van der Waals surface area (Å²) in [6.07, 6.45) is 0. The largest absolute Gasteiger partial charge is 0.456 e. The highest BCUT2D eigenvalue weighted by molar-refractivity contribution is 6.15. The van der Waals surface area contributed by atoms with Crippen LogP contribution in [0, 0.1) is 0 Å². The van der Waals surface area contributed by atoms with E-state index < -0.39 is 0 Å². The number of benzene rings is 11. The second-order valence-electron chi connectivity index (χ2n) is 17.6. The van der Waals surface area contributed by atoms with Crippen LogP contribution in [0.3, 0.4) is 0 Å². The van der Waals surface area contributed by atoms with E-state index in [1.807, 2.05) is 6.07 Å². The monoisotopic (exact) mass is 880 g/mol. The molecule has 0 unspecified atom stereocenters. The van der Waals surface area contributed by atoms with E-state index in [2.05, 4.69) is 270 Å². The number of nitrogens with zero attached hydrogens (tertiary/aromatic N) is 2. The van der Waals surface area contributed by atoms with Crippen LogP contribution < -0.4 is 4.90 Å². The minimum atomic E-state index is 0.868. The van der Waals surface area contributed by atoms with Gasteiger partial charge in [-0.3, -0.25) is 0 Å². The van der Waals surface area contributed by atoms with Gasteiger partial charge in [0.25, 0.3) is 0 Å². The Morgan fingerprint density at radius 1 is 0.304 bits per heavy atom. The molecule has 324 valence electrons. The lowest BCUT2D eigenvalue weighted by atomic mass is 9.86. The zero-order chi connectivity index (χ0) is 45.7. The van der Waals surface area contributed by atoms with Gasteiger partial charge in [0.15, 0.2) is 0 Å². The van der Waals surface area contributed by atoms with Crippen molar-refractivity contribution in [1.29, 1.82) is 0 Å². The third-order valence-electron chi connectivity index (χ3n) is 13.6. The molecule has 0 saturated carbocycles. The molecule has 2 heterocycles. The number of anilines is 3. The quantitative estimate of drug-likeness (QED) is 0.144. The van der Waals surface area contributed by atoms with Gasteiger partial charge in [0, 0.05) is 44.2 Å². The molecule has 0 bridgehead atoms. The van der Waals surface area contributed by atoms with Crippen molar-refractivity contribution in [2.75, 3.05) is 4.90 Å². The minimum absolute atomic E-state index is 0.868. The molecule has 0 saturated heterocycles. The molecule has 69 heavy (non-hydrogen) atoms. The molecule has 0 aliphatic rings. The summed E-state index contributed by atoms with van der Waals surface area (Å²) in [7, 11) is 0. The average Bonchev–Trinajstić information content (AvgIpc) is 3.98. The fourth-order valence-electron chi connectivity index (χ4n) is 10.5. The second-order valence-corrected chi connectivity index (χ2v) is 17.6. The Hall–Kier alpha value is -9.18.